The van der Waals surface area contributed by atoms with E-state index < -0.39 is 6.09 Å². The van der Waals surface area contributed by atoms with Gasteiger partial charge in [-0.2, -0.15) is 0 Å². The maximum absolute atomic E-state index is 10.3. The van der Waals surface area contributed by atoms with Gasteiger partial charge in [0.05, 0.1) is 0 Å². The van der Waals surface area contributed by atoms with Gasteiger partial charge in [0.15, 0.2) is 0 Å². The molecule has 0 radical (unpaired) electrons. The molecule has 5 heteroatoms. The maximum Gasteiger partial charge on any atom is 0.404 e. The highest BCUT2D eigenvalue weighted by molar-refractivity contribution is 5.64. The lowest BCUT2D eigenvalue weighted by Crippen LogP contribution is -2.38. The fraction of sp³-hybridized carbons (Fsp3) is 0.889. The van der Waals surface area contributed by atoms with E-state index in [-0.39, 0.29) is 0 Å². The van der Waals surface area contributed by atoms with Crippen molar-refractivity contribution in [2.45, 2.75) is 25.3 Å². The second kappa shape index (κ2) is 5.82. The number of hydrogen-bond donors (Lipinski definition) is 3. The molecule has 5 N–H and O–H groups in total. The predicted octanol–water partition coefficient (Wildman–Crippen LogP) is -0.201. The molecule has 0 aliphatic heterocycles. The number of rotatable bonds is 5. The minimum Gasteiger partial charge on any atom is -0.448 e. The number of primary amides is 1. The number of nitrogens with one attached hydrogen (secondary N) is 1. The molecule has 2 atom stereocenters. The Bertz CT molecular complexity index is 187. The van der Waals surface area contributed by atoms with Crippen LogP contribution in [0.1, 0.15) is 19.3 Å². The molecule has 0 aromatic heterocycles. The largest absolute Gasteiger partial charge is 0.448 e. The molecule has 1 aliphatic rings. The molecule has 1 fully saturated rings. The first-order valence-corrected chi connectivity index (χ1v) is 5.09. The van der Waals surface area contributed by atoms with E-state index in [1.54, 1.807) is 0 Å². The Kier molecular flexibility index (Phi) is 4.69. The molecule has 0 saturated heterocycles. The van der Waals surface area contributed by atoms with Crippen molar-refractivity contribution < 1.29 is 9.53 Å². The SMILES string of the molecule is NCC1CCCC1NCCOC(N)=O. The molecule has 0 spiro atoms. The van der Waals surface area contributed by atoms with Gasteiger partial charge in [0, 0.05) is 12.6 Å². The van der Waals surface area contributed by atoms with Crippen molar-refractivity contribution in [3.8, 4) is 0 Å². The van der Waals surface area contributed by atoms with Gasteiger partial charge in [0.25, 0.3) is 0 Å². The van der Waals surface area contributed by atoms with E-state index in [0.717, 1.165) is 6.54 Å². The van der Waals surface area contributed by atoms with Gasteiger partial charge < -0.3 is 21.5 Å². The van der Waals surface area contributed by atoms with Gasteiger partial charge in [-0.3, -0.25) is 0 Å². The van der Waals surface area contributed by atoms with Crippen LogP contribution in [-0.4, -0.2) is 31.8 Å². The second-order valence-corrected chi connectivity index (χ2v) is 3.65. The van der Waals surface area contributed by atoms with E-state index in [9.17, 15) is 4.79 Å². The molecular weight excluding hydrogens is 182 g/mol. The molecule has 0 bridgehead atoms. The Morgan fingerprint density at radius 1 is 1.50 bits per heavy atom. The molecule has 1 amide bonds. The fourth-order valence-electron chi connectivity index (χ4n) is 1.98. The third-order valence-corrected chi connectivity index (χ3v) is 2.71. The van der Waals surface area contributed by atoms with Crippen LogP contribution in [0, 0.1) is 5.92 Å². The highest BCUT2D eigenvalue weighted by atomic mass is 16.5. The molecule has 82 valence electrons. The Morgan fingerprint density at radius 2 is 2.29 bits per heavy atom. The van der Waals surface area contributed by atoms with Gasteiger partial charge in [-0.15, -0.1) is 0 Å². The van der Waals surface area contributed by atoms with E-state index in [1.165, 1.54) is 19.3 Å². The third kappa shape index (κ3) is 3.51. The summed E-state index contributed by atoms with van der Waals surface area (Å²) >= 11 is 0. The molecule has 2 unspecified atom stereocenters. The van der Waals surface area contributed by atoms with Crippen molar-refractivity contribution in [2.75, 3.05) is 19.7 Å². The first kappa shape index (κ1) is 11.3. The Morgan fingerprint density at radius 3 is 2.93 bits per heavy atom. The van der Waals surface area contributed by atoms with Crippen LogP contribution in [0.2, 0.25) is 0 Å². The summed E-state index contributed by atoms with van der Waals surface area (Å²) in [6.07, 6.45) is 2.88. The summed E-state index contributed by atoms with van der Waals surface area (Å²) in [6, 6.07) is 0.483. The summed E-state index contributed by atoms with van der Waals surface area (Å²) < 4.78 is 4.62. The van der Waals surface area contributed by atoms with Crippen molar-refractivity contribution >= 4 is 6.09 Å². The number of carbonyl (C=O) groups is 1. The van der Waals surface area contributed by atoms with Crippen molar-refractivity contribution in [2.24, 2.45) is 17.4 Å². The van der Waals surface area contributed by atoms with Crippen LogP contribution in [0.15, 0.2) is 0 Å². The van der Waals surface area contributed by atoms with Crippen molar-refractivity contribution in [1.29, 1.82) is 0 Å². The molecule has 1 saturated carbocycles. The van der Waals surface area contributed by atoms with Gasteiger partial charge in [-0.05, 0) is 25.3 Å². The molecule has 0 aromatic rings. The molecule has 1 aliphatic carbocycles. The highest BCUT2D eigenvalue weighted by Gasteiger charge is 2.24. The molecule has 0 aromatic carbocycles. The van der Waals surface area contributed by atoms with Gasteiger partial charge >= 0.3 is 6.09 Å². The van der Waals surface area contributed by atoms with Crippen LogP contribution in [0.3, 0.4) is 0 Å². The van der Waals surface area contributed by atoms with E-state index in [4.69, 9.17) is 11.5 Å². The quantitative estimate of drug-likeness (QED) is 0.537. The summed E-state index contributed by atoms with van der Waals surface area (Å²) in [5, 5.41) is 3.33. The average molecular weight is 201 g/mol. The smallest absolute Gasteiger partial charge is 0.404 e. The molecule has 14 heavy (non-hydrogen) atoms. The molecule has 5 nitrogen and oxygen atoms in total. The van der Waals surface area contributed by atoms with Gasteiger partial charge in [0.1, 0.15) is 6.61 Å². The summed E-state index contributed by atoms with van der Waals surface area (Å²) in [6.45, 7) is 1.72. The standard InChI is InChI=1S/C9H19N3O2/c10-6-7-2-1-3-8(7)12-4-5-14-9(11)13/h7-8,12H,1-6,10H2,(H2,11,13). The minimum absolute atomic E-state index is 0.336. The number of nitrogens with two attached hydrogens (primary N) is 2. The van der Waals surface area contributed by atoms with Crippen LogP contribution in [0.25, 0.3) is 0 Å². The first-order chi connectivity index (χ1) is 6.74. The zero-order valence-corrected chi connectivity index (χ0v) is 8.37. The lowest BCUT2D eigenvalue weighted by atomic mass is 10.0. The molecular formula is C9H19N3O2. The van der Waals surface area contributed by atoms with Crippen LogP contribution in [-0.2, 0) is 4.74 Å². The van der Waals surface area contributed by atoms with Crippen LogP contribution in [0.5, 0.6) is 0 Å². The van der Waals surface area contributed by atoms with Gasteiger partial charge in [-0.25, -0.2) is 4.79 Å². The summed E-state index contributed by atoms with van der Waals surface area (Å²) in [4.78, 5) is 10.3. The summed E-state index contributed by atoms with van der Waals surface area (Å²) in [5.74, 6) is 0.573. The zero-order chi connectivity index (χ0) is 10.4. The van der Waals surface area contributed by atoms with E-state index in [1.807, 2.05) is 0 Å². The van der Waals surface area contributed by atoms with Crippen LogP contribution in [0.4, 0.5) is 4.79 Å². The van der Waals surface area contributed by atoms with Gasteiger partial charge in [-0.1, -0.05) is 6.42 Å². The van der Waals surface area contributed by atoms with E-state index >= 15 is 0 Å². The van der Waals surface area contributed by atoms with Crippen molar-refractivity contribution in [3.05, 3.63) is 0 Å². The number of amides is 1. The minimum atomic E-state index is -0.714. The Labute approximate surface area is 84.2 Å². The number of ether oxygens (including phenoxy) is 1. The third-order valence-electron chi connectivity index (χ3n) is 2.71. The molecule has 1 rings (SSSR count). The second-order valence-electron chi connectivity index (χ2n) is 3.65. The summed E-state index contributed by atoms with van der Waals surface area (Å²) in [5.41, 5.74) is 10.5. The first-order valence-electron chi connectivity index (χ1n) is 5.09. The van der Waals surface area contributed by atoms with E-state index in [0.29, 0.717) is 25.1 Å². The van der Waals surface area contributed by atoms with Crippen molar-refractivity contribution in [3.63, 3.8) is 0 Å². The van der Waals surface area contributed by atoms with Gasteiger partial charge in [0.2, 0.25) is 0 Å². The maximum atomic E-state index is 10.3. The number of hydrogen-bond acceptors (Lipinski definition) is 4. The monoisotopic (exact) mass is 201 g/mol. The predicted molar refractivity (Wildman–Crippen MR) is 53.7 cm³/mol. The van der Waals surface area contributed by atoms with Crippen LogP contribution >= 0.6 is 0 Å². The average Bonchev–Trinajstić information content (AvgIpc) is 2.59. The van der Waals surface area contributed by atoms with Crippen LogP contribution < -0.4 is 16.8 Å². The fourth-order valence-corrected chi connectivity index (χ4v) is 1.98. The number of carbonyl (C=O) groups excluding carboxylic acids is 1. The highest BCUT2D eigenvalue weighted by Crippen LogP contribution is 2.24. The van der Waals surface area contributed by atoms with E-state index in [2.05, 4.69) is 10.1 Å². The topological polar surface area (TPSA) is 90.4 Å². The normalized spacial score (nSPS) is 26.4. The Hall–Kier alpha value is -0.810. The lowest BCUT2D eigenvalue weighted by molar-refractivity contribution is 0.155. The summed E-state index contributed by atoms with van der Waals surface area (Å²) in [7, 11) is 0. The Balaban J connectivity index is 2.08. The van der Waals surface area contributed by atoms with Crippen molar-refractivity contribution in [1.82, 2.24) is 5.32 Å². The molecule has 0 heterocycles. The lowest BCUT2D eigenvalue weighted by Gasteiger charge is -2.19. The zero-order valence-electron chi connectivity index (χ0n) is 8.37.